The minimum absolute atomic E-state index is 0. The number of hydrogen-bond acceptors (Lipinski definition) is 2. The van der Waals surface area contributed by atoms with Crippen LogP contribution in [0.3, 0.4) is 0 Å². The van der Waals surface area contributed by atoms with Crippen molar-refractivity contribution in [2.75, 3.05) is 0 Å². The second-order valence-corrected chi connectivity index (χ2v) is 1.05. The van der Waals surface area contributed by atoms with Crippen LogP contribution in [-0.2, 0) is 21.7 Å². The molecule has 0 aromatic carbocycles. The van der Waals surface area contributed by atoms with Gasteiger partial charge in [-0.1, -0.05) is 5.16 Å². The van der Waals surface area contributed by atoms with Crippen LogP contribution in [0.15, 0.2) is 5.16 Å². The third-order valence-corrected chi connectivity index (χ3v) is 0.200. The maximum atomic E-state index is 7.73. The maximum Gasteiger partial charge on any atom is 3.00 e. The Morgan fingerprint density at radius 2 is 1.22 bits per heavy atom. The maximum absolute atomic E-state index is 7.73. The Hall–Kier alpha value is 1.05. The molecule has 0 fully saturated rings. The number of nitrogens with zero attached hydrogens (tertiary/aromatic N) is 1. The molecule has 0 aliphatic heterocycles. The molecule has 0 aliphatic rings. The largest absolute Gasteiger partial charge is 3.00 e. The van der Waals surface area contributed by atoms with E-state index in [0.29, 0.717) is 5.71 Å². The summed E-state index contributed by atoms with van der Waals surface area (Å²) in [6.45, 7) is 3.44. The van der Waals surface area contributed by atoms with Crippen molar-refractivity contribution in [1.82, 2.24) is 0 Å². The molecular formula is C3H7Cl3NOTi. The molecule has 2 nitrogen and oxygen atoms in total. The second-order valence-electron chi connectivity index (χ2n) is 1.05. The molecule has 0 bridgehead atoms. The van der Waals surface area contributed by atoms with Gasteiger partial charge in [0.2, 0.25) is 0 Å². The van der Waals surface area contributed by atoms with E-state index < -0.39 is 0 Å². The average molecular weight is 227 g/mol. The predicted octanol–water partition coefficient (Wildman–Crippen LogP) is -8.13. The second kappa shape index (κ2) is 23.0. The summed E-state index contributed by atoms with van der Waals surface area (Å²) in [5.74, 6) is 0. The van der Waals surface area contributed by atoms with Gasteiger partial charge < -0.3 is 42.4 Å². The van der Waals surface area contributed by atoms with E-state index in [0.717, 1.165) is 0 Å². The van der Waals surface area contributed by atoms with Gasteiger partial charge in [-0.3, -0.25) is 0 Å². The fraction of sp³-hybridized carbons (Fsp3) is 0.667. The topological polar surface area (TPSA) is 32.6 Å². The molecule has 0 unspecified atom stereocenters. The summed E-state index contributed by atoms with van der Waals surface area (Å²) < 4.78 is 0. The third kappa shape index (κ3) is 48.3. The summed E-state index contributed by atoms with van der Waals surface area (Å²) in [6, 6.07) is 0. The Morgan fingerprint density at radius 1 is 1.11 bits per heavy atom. The Morgan fingerprint density at radius 3 is 1.22 bits per heavy atom. The number of rotatable bonds is 0. The molecule has 0 aromatic heterocycles. The van der Waals surface area contributed by atoms with Gasteiger partial charge in [0.05, 0.1) is 5.71 Å². The van der Waals surface area contributed by atoms with Gasteiger partial charge in [-0.2, -0.15) is 0 Å². The summed E-state index contributed by atoms with van der Waals surface area (Å²) in [5.41, 5.74) is 0.685. The van der Waals surface area contributed by atoms with Crippen LogP contribution >= 0.6 is 0 Å². The molecule has 6 heteroatoms. The average Bonchev–Trinajstić information content (AvgIpc) is 1.38. The molecule has 0 heterocycles. The molecular weight excluding hydrogens is 220 g/mol. The van der Waals surface area contributed by atoms with Crippen LogP contribution in [0.5, 0.6) is 0 Å². The van der Waals surface area contributed by atoms with Crippen LogP contribution < -0.4 is 37.2 Å². The molecule has 0 rings (SSSR count). The molecule has 55 valence electrons. The fourth-order valence-electron chi connectivity index (χ4n) is 0. The van der Waals surface area contributed by atoms with Crippen molar-refractivity contribution in [3.8, 4) is 0 Å². The summed E-state index contributed by atoms with van der Waals surface area (Å²) >= 11 is 0. The van der Waals surface area contributed by atoms with Gasteiger partial charge in [-0.05, 0) is 13.8 Å². The standard InChI is InChI=1S/C3H7NO.3ClH.Ti/c1-3(2)4-5;;;;/h5H,1-2H3;3*1H;/q;;;;+3/p-3. The van der Waals surface area contributed by atoms with Crippen LogP contribution in [0.4, 0.5) is 0 Å². The Kier molecular flexibility index (Phi) is 82.4. The van der Waals surface area contributed by atoms with E-state index in [1.807, 2.05) is 0 Å². The number of hydrogen-bond donors (Lipinski definition) is 1. The molecule has 0 spiro atoms. The molecule has 0 saturated carbocycles. The van der Waals surface area contributed by atoms with Crippen molar-refractivity contribution in [2.45, 2.75) is 13.8 Å². The number of halogens is 3. The first-order chi connectivity index (χ1) is 2.27. The first kappa shape index (κ1) is 32.3. The predicted molar refractivity (Wildman–Crippen MR) is 20.6 cm³/mol. The molecule has 0 saturated heterocycles. The first-order valence-electron chi connectivity index (χ1n) is 1.42. The van der Waals surface area contributed by atoms with Gasteiger partial charge in [-0.25, -0.2) is 0 Å². The Balaban J connectivity index is -0.0000000133. The SMILES string of the molecule is CC(C)=NO.[Cl-].[Cl-].[Cl-].[Ti+3]. The molecule has 9 heavy (non-hydrogen) atoms. The van der Waals surface area contributed by atoms with Crippen molar-refractivity contribution in [3.63, 3.8) is 0 Å². The van der Waals surface area contributed by atoms with Gasteiger partial charge in [-0.15, -0.1) is 0 Å². The first-order valence-corrected chi connectivity index (χ1v) is 1.42. The minimum Gasteiger partial charge on any atom is -1.00 e. The van der Waals surface area contributed by atoms with Gasteiger partial charge in [0.1, 0.15) is 0 Å². The Bertz CT molecular complexity index is 57.0. The van der Waals surface area contributed by atoms with Crippen LogP contribution in [-0.4, -0.2) is 10.9 Å². The normalized spacial score (nSPS) is 3.78. The summed E-state index contributed by atoms with van der Waals surface area (Å²) in [4.78, 5) is 0. The van der Waals surface area contributed by atoms with Crippen molar-refractivity contribution in [3.05, 3.63) is 0 Å². The van der Waals surface area contributed by atoms with Crippen molar-refractivity contribution in [1.29, 1.82) is 0 Å². The third-order valence-electron chi connectivity index (χ3n) is 0.200. The number of oxime groups is 1. The zero-order valence-corrected chi connectivity index (χ0v) is 8.86. The van der Waals surface area contributed by atoms with Gasteiger partial charge in [0, 0.05) is 0 Å². The Labute approximate surface area is 88.6 Å². The molecule has 0 aliphatic carbocycles. The van der Waals surface area contributed by atoms with Crippen molar-refractivity contribution >= 4 is 5.71 Å². The van der Waals surface area contributed by atoms with E-state index in [1.165, 1.54) is 0 Å². The van der Waals surface area contributed by atoms with Gasteiger partial charge >= 0.3 is 21.7 Å². The van der Waals surface area contributed by atoms with Crippen LogP contribution in [0.2, 0.25) is 0 Å². The monoisotopic (exact) mass is 226 g/mol. The summed E-state index contributed by atoms with van der Waals surface area (Å²) in [6.07, 6.45) is 0. The molecule has 0 atom stereocenters. The van der Waals surface area contributed by atoms with E-state index in [1.54, 1.807) is 13.8 Å². The zero-order valence-electron chi connectivity index (χ0n) is 5.03. The minimum atomic E-state index is 0. The van der Waals surface area contributed by atoms with E-state index in [4.69, 9.17) is 5.21 Å². The molecule has 1 radical (unpaired) electrons. The van der Waals surface area contributed by atoms with Gasteiger partial charge in [0.25, 0.3) is 0 Å². The molecule has 0 amide bonds. The van der Waals surface area contributed by atoms with Crippen LogP contribution in [0.25, 0.3) is 0 Å². The smallest absolute Gasteiger partial charge is 1.00 e. The van der Waals surface area contributed by atoms with Crippen molar-refractivity contribution < 1.29 is 64.1 Å². The van der Waals surface area contributed by atoms with E-state index >= 15 is 0 Å². The van der Waals surface area contributed by atoms with E-state index in [-0.39, 0.29) is 58.9 Å². The molecule has 0 aromatic rings. The van der Waals surface area contributed by atoms with E-state index in [2.05, 4.69) is 5.16 Å². The van der Waals surface area contributed by atoms with Crippen LogP contribution in [0.1, 0.15) is 13.8 Å². The zero-order chi connectivity index (χ0) is 4.28. The van der Waals surface area contributed by atoms with Crippen LogP contribution in [0, 0.1) is 0 Å². The fourth-order valence-corrected chi connectivity index (χ4v) is 0. The van der Waals surface area contributed by atoms with Crippen molar-refractivity contribution in [2.24, 2.45) is 5.16 Å². The van der Waals surface area contributed by atoms with Gasteiger partial charge in [0.15, 0.2) is 0 Å². The van der Waals surface area contributed by atoms with E-state index in [9.17, 15) is 0 Å². The molecule has 1 N–H and O–H groups in total. The quantitative estimate of drug-likeness (QED) is 0.190. The summed E-state index contributed by atoms with van der Waals surface area (Å²) in [5, 5.41) is 10.5. The summed E-state index contributed by atoms with van der Waals surface area (Å²) in [7, 11) is 0.